The number of anilines is 1. The zero-order valence-corrected chi connectivity index (χ0v) is 23.9. The summed E-state index contributed by atoms with van der Waals surface area (Å²) < 4.78 is 0. The van der Waals surface area contributed by atoms with Gasteiger partial charge in [-0.05, 0) is 43.2 Å². The molecule has 1 aromatic carbocycles. The van der Waals surface area contributed by atoms with Gasteiger partial charge in [-0.25, -0.2) is 10.5 Å². The Hall–Kier alpha value is -4.13. The van der Waals surface area contributed by atoms with E-state index in [4.69, 9.17) is 15.9 Å². The van der Waals surface area contributed by atoms with Crippen molar-refractivity contribution < 1.29 is 19.6 Å². The maximum atomic E-state index is 12.4. The van der Waals surface area contributed by atoms with Crippen LogP contribution in [0.1, 0.15) is 79.4 Å². The highest BCUT2D eigenvalue weighted by Crippen LogP contribution is 2.39. The number of hydrogen-bond donors (Lipinski definition) is 4. The minimum absolute atomic E-state index is 0.0142. The van der Waals surface area contributed by atoms with Crippen LogP contribution in [0.2, 0.25) is 0 Å². The smallest absolute Gasteiger partial charge is 0.243 e. The van der Waals surface area contributed by atoms with Crippen LogP contribution in [0.3, 0.4) is 0 Å². The molecule has 1 fully saturated rings. The van der Waals surface area contributed by atoms with Gasteiger partial charge in [0.15, 0.2) is 0 Å². The van der Waals surface area contributed by atoms with E-state index in [0.717, 1.165) is 11.8 Å². The highest BCUT2D eigenvalue weighted by atomic mass is 32.2. The number of aromatic nitrogens is 1. The van der Waals surface area contributed by atoms with Gasteiger partial charge in [-0.15, -0.1) is 0 Å². The molecule has 41 heavy (non-hydrogen) atoms. The molecule has 1 unspecified atom stereocenters. The molecule has 11 nitrogen and oxygen atoms in total. The number of carbonyl (C=O) groups excluding carboxylic acids is 3. The maximum Gasteiger partial charge on any atom is 0.243 e. The third-order valence-electron chi connectivity index (χ3n) is 7.01. The van der Waals surface area contributed by atoms with Gasteiger partial charge in [-0.3, -0.25) is 19.6 Å². The lowest BCUT2D eigenvalue weighted by Crippen LogP contribution is -2.45. The number of thioether (sulfide) groups is 1. The van der Waals surface area contributed by atoms with E-state index in [2.05, 4.69) is 17.5 Å². The van der Waals surface area contributed by atoms with Gasteiger partial charge < -0.3 is 16.0 Å². The molecule has 1 saturated heterocycles. The molecule has 0 saturated carbocycles. The van der Waals surface area contributed by atoms with Crippen molar-refractivity contribution in [3.05, 3.63) is 52.6 Å². The Balaban J connectivity index is 1.72. The molecule has 1 aliphatic heterocycles. The number of nitrogens with one attached hydrogen (secondary N) is 2. The molecule has 0 bridgehead atoms. The van der Waals surface area contributed by atoms with E-state index in [1.807, 2.05) is 30.0 Å². The van der Waals surface area contributed by atoms with Gasteiger partial charge >= 0.3 is 0 Å². The van der Waals surface area contributed by atoms with E-state index in [9.17, 15) is 24.9 Å². The SMILES string of the molecule is CCc1c(C#N)c(SC(C(N)=O)c2ccccc2)nc(N2CCC(NC(=O)CCCCCC(=O)NO)CC2)c1C#N. The molecular formula is C29H35N7O4S. The lowest BCUT2D eigenvalue weighted by Gasteiger charge is -2.34. The van der Waals surface area contributed by atoms with Crippen LogP contribution in [0.4, 0.5) is 5.82 Å². The van der Waals surface area contributed by atoms with E-state index >= 15 is 0 Å². The molecule has 216 valence electrons. The average Bonchev–Trinajstić information content (AvgIpc) is 2.99. The van der Waals surface area contributed by atoms with Crippen LogP contribution in [-0.4, -0.2) is 47.0 Å². The highest BCUT2D eigenvalue weighted by Gasteiger charge is 2.29. The number of rotatable bonds is 13. The number of hydroxylamine groups is 1. The Labute approximate surface area is 244 Å². The number of nitriles is 2. The molecule has 1 atom stereocenters. The molecule has 1 aromatic heterocycles. The summed E-state index contributed by atoms with van der Waals surface area (Å²) in [7, 11) is 0. The van der Waals surface area contributed by atoms with Crippen LogP contribution >= 0.6 is 11.8 Å². The quantitative estimate of drug-likeness (QED) is 0.120. The van der Waals surface area contributed by atoms with Gasteiger partial charge in [-0.1, -0.05) is 55.4 Å². The summed E-state index contributed by atoms with van der Waals surface area (Å²) >= 11 is 1.11. The summed E-state index contributed by atoms with van der Waals surface area (Å²) in [4.78, 5) is 42.6. The number of primary amides is 1. The van der Waals surface area contributed by atoms with Crippen molar-refractivity contribution in [1.29, 1.82) is 10.5 Å². The lowest BCUT2D eigenvalue weighted by molar-refractivity contribution is -0.129. The number of nitrogens with two attached hydrogens (primary N) is 1. The molecule has 0 aliphatic carbocycles. The number of hydrogen-bond acceptors (Lipinski definition) is 9. The Kier molecular flexibility index (Phi) is 11.9. The van der Waals surface area contributed by atoms with Crippen molar-refractivity contribution in [2.45, 2.75) is 74.6 Å². The van der Waals surface area contributed by atoms with Crippen LogP contribution in [-0.2, 0) is 20.8 Å². The molecule has 2 heterocycles. The molecular weight excluding hydrogens is 542 g/mol. The van der Waals surface area contributed by atoms with E-state index < -0.39 is 17.1 Å². The Morgan fingerprint density at radius 2 is 1.71 bits per heavy atom. The number of nitrogens with zero attached hydrogens (tertiary/aromatic N) is 4. The summed E-state index contributed by atoms with van der Waals surface area (Å²) in [5, 5.41) is 31.3. The van der Waals surface area contributed by atoms with E-state index in [0.29, 0.717) is 85.6 Å². The zero-order valence-electron chi connectivity index (χ0n) is 23.1. The van der Waals surface area contributed by atoms with Crippen LogP contribution in [0, 0.1) is 22.7 Å². The fourth-order valence-corrected chi connectivity index (χ4v) is 5.93. The van der Waals surface area contributed by atoms with Gasteiger partial charge in [-0.2, -0.15) is 10.5 Å². The van der Waals surface area contributed by atoms with Crippen molar-refractivity contribution in [3.63, 3.8) is 0 Å². The minimum Gasteiger partial charge on any atom is -0.368 e. The number of amides is 3. The van der Waals surface area contributed by atoms with Crippen molar-refractivity contribution in [2.24, 2.45) is 5.73 Å². The van der Waals surface area contributed by atoms with Crippen LogP contribution in [0.25, 0.3) is 0 Å². The molecule has 3 amide bonds. The van der Waals surface area contributed by atoms with E-state index in [-0.39, 0.29) is 23.9 Å². The summed E-state index contributed by atoms with van der Waals surface area (Å²) in [6.45, 7) is 2.99. The molecule has 1 aliphatic rings. The number of pyridine rings is 1. The molecule has 0 radical (unpaired) electrons. The minimum atomic E-state index is -0.755. The standard InChI is InChI=1S/C29H35N7O4S/c1-2-21-22(17-30)28(34-29(23(21)18-31)41-26(27(32)39)19-9-5-3-6-10-19)36-15-13-20(14-16-36)33-24(37)11-7-4-8-12-25(38)35-40/h3,5-6,9-10,20,26,40H,2,4,7-8,11-16H2,1H3,(H2,32,39)(H,33,37)(H,35,38). The highest BCUT2D eigenvalue weighted by molar-refractivity contribution is 8.00. The first-order valence-electron chi connectivity index (χ1n) is 13.7. The number of unbranched alkanes of at least 4 members (excludes halogenated alkanes) is 2. The predicted octanol–water partition coefficient (Wildman–Crippen LogP) is 3.25. The average molecular weight is 578 g/mol. The Morgan fingerprint density at radius 3 is 2.27 bits per heavy atom. The number of piperidine rings is 1. The Morgan fingerprint density at radius 1 is 1.07 bits per heavy atom. The predicted molar refractivity (Wildman–Crippen MR) is 154 cm³/mol. The summed E-state index contributed by atoms with van der Waals surface area (Å²) in [5.41, 5.74) is 9.25. The fraction of sp³-hybridized carbons (Fsp3) is 0.448. The summed E-state index contributed by atoms with van der Waals surface area (Å²) in [5.74, 6) is -0.560. The topological polar surface area (TPSA) is 185 Å². The first-order chi connectivity index (χ1) is 19.8. The van der Waals surface area contributed by atoms with Crippen molar-refractivity contribution in [1.82, 2.24) is 15.8 Å². The first kappa shape index (κ1) is 31.4. The largest absolute Gasteiger partial charge is 0.368 e. The zero-order chi connectivity index (χ0) is 29.8. The van der Waals surface area contributed by atoms with Crippen molar-refractivity contribution >= 4 is 35.3 Å². The van der Waals surface area contributed by atoms with Crippen molar-refractivity contribution in [2.75, 3.05) is 18.0 Å². The third-order valence-corrected chi connectivity index (χ3v) is 8.27. The first-order valence-corrected chi connectivity index (χ1v) is 14.6. The number of carbonyl (C=O) groups is 3. The van der Waals surface area contributed by atoms with Gasteiger partial charge in [0.1, 0.15) is 28.2 Å². The molecule has 2 aromatic rings. The fourth-order valence-electron chi connectivity index (χ4n) is 4.87. The second kappa shape index (κ2) is 15.6. The maximum absolute atomic E-state index is 12.4. The van der Waals surface area contributed by atoms with Gasteiger partial charge in [0.25, 0.3) is 0 Å². The second-order valence-electron chi connectivity index (χ2n) is 9.78. The second-order valence-corrected chi connectivity index (χ2v) is 10.9. The van der Waals surface area contributed by atoms with Crippen LogP contribution < -0.4 is 21.4 Å². The van der Waals surface area contributed by atoms with Crippen LogP contribution in [0.5, 0.6) is 0 Å². The summed E-state index contributed by atoms with van der Waals surface area (Å²) in [6, 6.07) is 13.5. The third kappa shape index (κ3) is 8.43. The molecule has 5 N–H and O–H groups in total. The normalized spacial score (nSPS) is 14.0. The molecule has 0 spiro atoms. The van der Waals surface area contributed by atoms with Gasteiger partial charge in [0, 0.05) is 32.0 Å². The van der Waals surface area contributed by atoms with Gasteiger partial charge in [0.05, 0.1) is 11.1 Å². The Bertz CT molecular complexity index is 1320. The monoisotopic (exact) mass is 577 g/mol. The van der Waals surface area contributed by atoms with E-state index in [1.54, 1.807) is 17.6 Å². The van der Waals surface area contributed by atoms with Crippen molar-refractivity contribution in [3.8, 4) is 12.1 Å². The molecule has 3 rings (SSSR count). The van der Waals surface area contributed by atoms with Gasteiger partial charge in [0.2, 0.25) is 17.7 Å². The lowest BCUT2D eigenvalue weighted by atomic mass is 9.99. The summed E-state index contributed by atoms with van der Waals surface area (Å²) in [6.07, 6.45) is 4.31. The number of benzene rings is 1. The molecule has 12 heteroatoms. The van der Waals surface area contributed by atoms with Crippen LogP contribution in [0.15, 0.2) is 35.4 Å². The van der Waals surface area contributed by atoms with E-state index in [1.165, 1.54) is 0 Å².